The third kappa shape index (κ3) is 2.24. The maximum absolute atomic E-state index is 12.4. The number of aliphatic hydroxyl groups excluding tert-OH is 1. The van der Waals surface area contributed by atoms with Crippen LogP contribution >= 0.6 is 0 Å². The maximum atomic E-state index is 12.4. The molecule has 0 aliphatic heterocycles. The van der Waals surface area contributed by atoms with Crippen LogP contribution in [0.3, 0.4) is 0 Å². The largest absolute Gasteiger partial charge is 0.450 e. The van der Waals surface area contributed by atoms with E-state index in [9.17, 15) is 4.79 Å². The highest BCUT2D eigenvalue weighted by Gasteiger charge is 2.24. The Balaban J connectivity index is 2.49. The predicted octanol–water partition coefficient (Wildman–Crippen LogP) is 2.50. The lowest BCUT2D eigenvalue weighted by molar-refractivity contribution is 0.0652. The van der Waals surface area contributed by atoms with Gasteiger partial charge in [0.15, 0.2) is 5.76 Å². The summed E-state index contributed by atoms with van der Waals surface area (Å²) < 4.78 is 5.73. The highest BCUT2D eigenvalue weighted by Crippen LogP contribution is 2.28. The number of aliphatic hydroxyl groups is 1. The van der Waals surface area contributed by atoms with Gasteiger partial charge in [0.25, 0.3) is 5.91 Å². The molecule has 0 aliphatic rings. The number of aryl methyl sites for hydroxylation is 2. The number of hydrogen-bond acceptors (Lipinski definition) is 3. The second-order valence-corrected chi connectivity index (χ2v) is 4.96. The number of likely N-dealkylation sites (N-methyl/N-ethyl adjacent to an activating group) is 1. The monoisotopic (exact) mass is 261 g/mol. The molecule has 2 aromatic rings. The smallest absolute Gasteiger partial charge is 0.289 e. The molecule has 0 spiro atoms. The number of hydrogen-bond donors (Lipinski definition) is 1. The van der Waals surface area contributed by atoms with Gasteiger partial charge in [-0.2, -0.15) is 0 Å². The molecule has 0 fully saturated rings. The van der Waals surface area contributed by atoms with Crippen molar-refractivity contribution in [3.63, 3.8) is 0 Å². The van der Waals surface area contributed by atoms with Crippen molar-refractivity contribution in [2.75, 3.05) is 13.7 Å². The van der Waals surface area contributed by atoms with Crippen LogP contribution < -0.4 is 0 Å². The summed E-state index contributed by atoms with van der Waals surface area (Å²) in [6, 6.07) is 5.63. The van der Waals surface area contributed by atoms with E-state index in [4.69, 9.17) is 9.52 Å². The van der Waals surface area contributed by atoms with Crippen LogP contribution in [0, 0.1) is 13.8 Å². The molecule has 0 saturated heterocycles. The number of rotatable bonds is 3. The number of benzene rings is 1. The lowest BCUT2D eigenvalue weighted by atomic mass is 10.1. The molecule has 102 valence electrons. The molecule has 1 amide bonds. The molecule has 1 N–H and O–H groups in total. The summed E-state index contributed by atoms with van der Waals surface area (Å²) in [5.74, 6) is 0.154. The van der Waals surface area contributed by atoms with E-state index >= 15 is 0 Å². The van der Waals surface area contributed by atoms with Crippen molar-refractivity contribution < 1.29 is 14.3 Å². The molecule has 4 nitrogen and oxygen atoms in total. The SMILES string of the molecule is Cc1c(C(=O)N(C)C(C)CO)oc2c(C)cccc12. The molecular formula is C15H19NO3. The molecule has 1 aromatic carbocycles. The minimum atomic E-state index is -0.235. The topological polar surface area (TPSA) is 53.7 Å². The minimum absolute atomic E-state index is 0.0689. The molecule has 2 rings (SSSR count). The quantitative estimate of drug-likeness (QED) is 0.923. The van der Waals surface area contributed by atoms with Gasteiger partial charge in [0.05, 0.1) is 12.6 Å². The maximum Gasteiger partial charge on any atom is 0.289 e. The van der Waals surface area contributed by atoms with Crippen LogP contribution in [0.25, 0.3) is 11.0 Å². The third-order valence-corrected chi connectivity index (χ3v) is 3.60. The Morgan fingerprint density at radius 1 is 1.42 bits per heavy atom. The van der Waals surface area contributed by atoms with Crippen molar-refractivity contribution in [1.82, 2.24) is 4.90 Å². The number of carbonyl (C=O) groups is 1. The molecule has 1 aromatic heterocycles. The molecule has 1 unspecified atom stereocenters. The van der Waals surface area contributed by atoms with Crippen LogP contribution in [-0.2, 0) is 0 Å². The zero-order valence-corrected chi connectivity index (χ0v) is 11.7. The first-order valence-electron chi connectivity index (χ1n) is 6.34. The first-order valence-corrected chi connectivity index (χ1v) is 6.34. The van der Waals surface area contributed by atoms with Crippen LogP contribution in [-0.4, -0.2) is 35.6 Å². The molecule has 4 heteroatoms. The molecule has 1 heterocycles. The zero-order chi connectivity index (χ0) is 14.2. The molecule has 1 atom stereocenters. The van der Waals surface area contributed by atoms with Gasteiger partial charge in [0, 0.05) is 18.0 Å². The first-order chi connectivity index (χ1) is 8.97. The summed E-state index contributed by atoms with van der Waals surface area (Å²) in [5.41, 5.74) is 2.62. The van der Waals surface area contributed by atoms with Crippen molar-refractivity contribution in [3.8, 4) is 0 Å². The van der Waals surface area contributed by atoms with E-state index in [-0.39, 0.29) is 18.6 Å². The fraction of sp³-hybridized carbons (Fsp3) is 0.400. The number of para-hydroxylation sites is 1. The van der Waals surface area contributed by atoms with Gasteiger partial charge < -0.3 is 14.4 Å². The molecule has 0 saturated carbocycles. The Morgan fingerprint density at radius 2 is 2.11 bits per heavy atom. The van der Waals surface area contributed by atoms with Crippen molar-refractivity contribution in [1.29, 1.82) is 0 Å². The van der Waals surface area contributed by atoms with Crippen LogP contribution in [0.15, 0.2) is 22.6 Å². The third-order valence-electron chi connectivity index (χ3n) is 3.60. The first kappa shape index (κ1) is 13.6. The van der Waals surface area contributed by atoms with Gasteiger partial charge in [-0.15, -0.1) is 0 Å². The average molecular weight is 261 g/mol. The Hall–Kier alpha value is -1.81. The van der Waals surface area contributed by atoms with Crippen molar-refractivity contribution in [2.24, 2.45) is 0 Å². The second kappa shape index (κ2) is 5.05. The van der Waals surface area contributed by atoms with Crippen LogP contribution in [0.5, 0.6) is 0 Å². The zero-order valence-electron chi connectivity index (χ0n) is 11.7. The predicted molar refractivity (Wildman–Crippen MR) is 74.3 cm³/mol. The highest BCUT2D eigenvalue weighted by molar-refractivity contribution is 5.99. The lowest BCUT2D eigenvalue weighted by Gasteiger charge is -2.22. The highest BCUT2D eigenvalue weighted by atomic mass is 16.3. The molecule has 0 radical (unpaired) electrons. The van der Waals surface area contributed by atoms with Gasteiger partial charge in [-0.05, 0) is 26.3 Å². The fourth-order valence-electron chi connectivity index (χ4n) is 2.07. The van der Waals surface area contributed by atoms with Gasteiger partial charge in [-0.25, -0.2) is 0 Å². The average Bonchev–Trinajstić information content (AvgIpc) is 2.75. The summed E-state index contributed by atoms with van der Waals surface area (Å²) in [5, 5.41) is 10.1. The van der Waals surface area contributed by atoms with E-state index in [2.05, 4.69) is 0 Å². The Bertz CT molecular complexity index is 615. The number of furan rings is 1. The number of amides is 1. The molecular weight excluding hydrogens is 242 g/mol. The lowest BCUT2D eigenvalue weighted by Crippen LogP contribution is -2.37. The summed E-state index contributed by atoms with van der Waals surface area (Å²) in [6.07, 6.45) is 0. The van der Waals surface area contributed by atoms with Crippen molar-refractivity contribution in [2.45, 2.75) is 26.8 Å². The van der Waals surface area contributed by atoms with Crippen LogP contribution in [0.4, 0.5) is 0 Å². The van der Waals surface area contributed by atoms with E-state index in [0.717, 1.165) is 22.1 Å². The normalized spacial score (nSPS) is 12.7. The van der Waals surface area contributed by atoms with Gasteiger partial charge in [-0.3, -0.25) is 4.79 Å². The van der Waals surface area contributed by atoms with Crippen molar-refractivity contribution in [3.05, 3.63) is 35.1 Å². The number of fused-ring (bicyclic) bond motifs is 1. The number of carbonyl (C=O) groups excluding carboxylic acids is 1. The molecule has 0 aliphatic carbocycles. The summed E-state index contributed by atoms with van der Waals surface area (Å²) >= 11 is 0. The summed E-state index contributed by atoms with van der Waals surface area (Å²) in [7, 11) is 1.67. The number of nitrogens with zero attached hydrogens (tertiary/aromatic N) is 1. The van der Waals surface area contributed by atoms with Gasteiger partial charge in [-0.1, -0.05) is 18.2 Å². The summed E-state index contributed by atoms with van der Waals surface area (Å²) in [4.78, 5) is 13.9. The molecule has 19 heavy (non-hydrogen) atoms. The van der Waals surface area contributed by atoms with E-state index in [1.807, 2.05) is 32.0 Å². The van der Waals surface area contributed by atoms with Crippen LogP contribution in [0.2, 0.25) is 0 Å². The Morgan fingerprint density at radius 3 is 2.68 bits per heavy atom. The van der Waals surface area contributed by atoms with Gasteiger partial charge >= 0.3 is 0 Å². The second-order valence-electron chi connectivity index (χ2n) is 4.96. The van der Waals surface area contributed by atoms with Crippen molar-refractivity contribution >= 4 is 16.9 Å². The van der Waals surface area contributed by atoms with E-state index in [1.165, 1.54) is 4.90 Å². The van der Waals surface area contributed by atoms with Gasteiger partial charge in [0.2, 0.25) is 0 Å². The van der Waals surface area contributed by atoms with E-state index in [1.54, 1.807) is 14.0 Å². The minimum Gasteiger partial charge on any atom is -0.450 e. The fourth-order valence-corrected chi connectivity index (χ4v) is 2.07. The standard InChI is InChI=1S/C15H19NO3/c1-9-6-5-7-12-11(3)14(19-13(9)12)15(18)16(4)10(2)8-17/h5-7,10,17H,8H2,1-4H3. The Kier molecular flexibility index (Phi) is 3.62. The van der Waals surface area contributed by atoms with E-state index < -0.39 is 0 Å². The summed E-state index contributed by atoms with van der Waals surface area (Å²) in [6.45, 7) is 5.57. The molecule has 0 bridgehead atoms. The Labute approximate surface area is 112 Å². The van der Waals surface area contributed by atoms with Crippen LogP contribution in [0.1, 0.15) is 28.6 Å². The van der Waals surface area contributed by atoms with Gasteiger partial charge in [0.1, 0.15) is 5.58 Å². The van der Waals surface area contributed by atoms with E-state index in [0.29, 0.717) is 5.76 Å².